The van der Waals surface area contributed by atoms with Gasteiger partial charge in [-0.25, -0.2) is 8.78 Å². The van der Waals surface area contributed by atoms with Crippen LogP contribution in [-0.2, 0) is 30.3 Å². The zero-order valence-corrected chi connectivity index (χ0v) is 18.6. The van der Waals surface area contributed by atoms with E-state index in [1.54, 1.807) is 24.7 Å². The summed E-state index contributed by atoms with van der Waals surface area (Å²) in [6, 6.07) is 3.06. The van der Waals surface area contributed by atoms with Gasteiger partial charge in [0.25, 0.3) is 17.6 Å². The van der Waals surface area contributed by atoms with E-state index in [1.807, 2.05) is 0 Å². The lowest BCUT2D eigenvalue weighted by Gasteiger charge is -2.14. The third kappa shape index (κ3) is 3.57. The lowest BCUT2D eigenvalue weighted by Crippen LogP contribution is -2.40. The highest BCUT2D eigenvalue weighted by molar-refractivity contribution is 6.43. The average molecular weight is 468 g/mol. The summed E-state index contributed by atoms with van der Waals surface area (Å²) in [5.74, 6) is -4.16. The number of fused-ring (bicyclic) bond motifs is 1. The van der Waals surface area contributed by atoms with E-state index in [4.69, 9.17) is 0 Å². The Morgan fingerprint density at radius 3 is 2.56 bits per heavy atom. The van der Waals surface area contributed by atoms with Crippen molar-refractivity contribution in [3.05, 3.63) is 64.2 Å². The Labute approximate surface area is 193 Å². The van der Waals surface area contributed by atoms with Crippen LogP contribution in [-0.4, -0.2) is 37.2 Å². The molecule has 0 atom stereocenters. The van der Waals surface area contributed by atoms with E-state index in [-0.39, 0.29) is 16.9 Å². The number of hydrogen-bond acceptors (Lipinski definition) is 5. The van der Waals surface area contributed by atoms with E-state index in [0.717, 1.165) is 12.1 Å². The van der Waals surface area contributed by atoms with Crippen LogP contribution < -0.4 is 10.6 Å². The maximum atomic E-state index is 13.6. The third-order valence-electron chi connectivity index (χ3n) is 6.43. The van der Waals surface area contributed by atoms with Crippen molar-refractivity contribution < 1.29 is 23.2 Å². The van der Waals surface area contributed by atoms with Gasteiger partial charge < -0.3 is 15.2 Å². The molecule has 0 unspecified atom stereocenters. The van der Waals surface area contributed by atoms with Crippen molar-refractivity contribution in [1.82, 2.24) is 24.9 Å². The first-order chi connectivity index (χ1) is 16.2. The van der Waals surface area contributed by atoms with Crippen LogP contribution in [0.5, 0.6) is 0 Å². The molecule has 2 aromatic heterocycles. The molecular formula is C23H22F2N6O3. The summed E-state index contributed by atoms with van der Waals surface area (Å²) in [6.45, 7) is 2.11. The smallest absolute Gasteiger partial charge is 0.294 e. The minimum absolute atomic E-state index is 0.0894. The summed E-state index contributed by atoms with van der Waals surface area (Å²) in [5, 5.41) is 13.3. The first-order valence-corrected chi connectivity index (χ1v) is 10.9. The van der Waals surface area contributed by atoms with Gasteiger partial charge in [-0.1, -0.05) is 5.21 Å². The number of aromatic nitrogens is 4. The van der Waals surface area contributed by atoms with Gasteiger partial charge in [-0.15, -0.1) is 5.10 Å². The Morgan fingerprint density at radius 2 is 1.91 bits per heavy atom. The van der Waals surface area contributed by atoms with Crippen LogP contribution in [0.4, 0.5) is 14.5 Å². The number of aryl methyl sites for hydroxylation is 1. The molecule has 1 aliphatic carbocycles. The number of Topliss-reactive ketones (excluding diaryl/α,β-unsaturated/α-hetero) is 1. The number of nitrogens with one attached hydrogen (secondary N) is 2. The van der Waals surface area contributed by atoms with Gasteiger partial charge in [0, 0.05) is 31.0 Å². The minimum atomic E-state index is -1.08. The summed E-state index contributed by atoms with van der Waals surface area (Å²) in [5.41, 5.74) is 1.43. The van der Waals surface area contributed by atoms with Crippen LogP contribution in [0.15, 0.2) is 24.4 Å². The Morgan fingerprint density at radius 1 is 1.15 bits per heavy atom. The quantitative estimate of drug-likeness (QED) is 0.426. The topological polar surface area (TPSA) is 111 Å². The molecule has 1 aliphatic heterocycles. The van der Waals surface area contributed by atoms with Gasteiger partial charge in [-0.2, -0.15) is 0 Å². The Bertz CT molecular complexity index is 1350. The average Bonchev–Trinajstić information content (AvgIpc) is 3.08. The fraction of sp³-hybridized carbons (Fsp3) is 0.348. The lowest BCUT2D eigenvalue weighted by atomic mass is 10.0. The van der Waals surface area contributed by atoms with E-state index in [2.05, 4.69) is 20.9 Å². The maximum Gasteiger partial charge on any atom is 0.294 e. The highest BCUT2D eigenvalue weighted by atomic mass is 19.2. The van der Waals surface area contributed by atoms with Gasteiger partial charge >= 0.3 is 0 Å². The van der Waals surface area contributed by atoms with E-state index in [9.17, 15) is 23.2 Å². The van der Waals surface area contributed by atoms with Crippen LogP contribution in [0.3, 0.4) is 0 Å². The van der Waals surface area contributed by atoms with Gasteiger partial charge in [0.15, 0.2) is 11.6 Å². The van der Waals surface area contributed by atoms with E-state index in [0.29, 0.717) is 49.2 Å². The van der Waals surface area contributed by atoms with E-state index >= 15 is 0 Å². The summed E-state index contributed by atoms with van der Waals surface area (Å²) in [7, 11) is 1.72. The molecule has 11 heteroatoms. The fourth-order valence-corrected chi connectivity index (χ4v) is 4.60. The number of hydrogen-bond donors (Lipinski definition) is 2. The molecule has 9 nitrogen and oxygen atoms in total. The number of amides is 2. The van der Waals surface area contributed by atoms with Crippen LogP contribution in [0, 0.1) is 18.6 Å². The number of benzene rings is 1. The van der Waals surface area contributed by atoms with Crippen LogP contribution in [0.1, 0.15) is 57.1 Å². The lowest BCUT2D eigenvalue weighted by molar-refractivity contribution is -0.118. The van der Waals surface area contributed by atoms with Crippen molar-refractivity contribution in [2.75, 3.05) is 5.32 Å². The van der Waals surface area contributed by atoms with Crippen LogP contribution in [0.25, 0.3) is 0 Å². The van der Waals surface area contributed by atoms with Crippen molar-refractivity contribution >= 4 is 23.3 Å². The zero-order chi connectivity index (χ0) is 24.2. The first-order valence-electron chi connectivity index (χ1n) is 10.9. The van der Waals surface area contributed by atoms with Crippen molar-refractivity contribution in [3.8, 4) is 0 Å². The zero-order valence-electron chi connectivity index (χ0n) is 18.6. The van der Waals surface area contributed by atoms with Gasteiger partial charge in [0.1, 0.15) is 5.69 Å². The molecule has 1 fully saturated rings. The number of rotatable bonds is 6. The molecule has 2 N–H and O–H groups in total. The molecule has 3 aromatic rings. The van der Waals surface area contributed by atoms with Crippen molar-refractivity contribution in [1.29, 1.82) is 0 Å². The molecule has 0 saturated heterocycles. The Kier molecular flexibility index (Phi) is 5.07. The largest absolute Gasteiger partial charge is 0.341 e. The predicted octanol–water partition coefficient (Wildman–Crippen LogP) is 2.39. The summed E-state index contributed by atoms with van der Waals surface area (Å²) in [6.07, 6.45) is 4.28. The van der Waals surface area contributed by atoms with E-state index in [1.165, 1.54) is 10.7 Å². The molecule has 0 spiro atoms. The summed E-state index contributed by atoms with van der Waals surface area (Å²) >= 11 is 0. The molecule has 5 rings (SSSR count). The monoisotopic (exact) mass is 468 g/mol. The molecule has 0 bridgehead atoms. The molecule has 2 aliphatic rings. The molecular weight excluding hydrogens is 446 g/mol. The highest BCUT2D eigenvalue weighted by Crippen LogP contribution is 2.44. The predicted molar refractivity (Wildman–Crippen MR) is 116 cm³/mol. The van der Waals surface area contributed by atoms with Crippen molar-refractivity contribution in [3.63, 3.8) is 0 Å². The second-order valence-corrected chi connectivity index (χ2v) is 8.78. The molecule has 1 saturated carbocycles. The second-order valence-electron chi connectivity index (χ2n) is 8.78. The molecule has 2 amide bonds. The van der Waals surface area contributed by atoms with Crippen molar-refractivity contribution in [2.45, 2.75) is 44.7 Å². The van der Waals surface area contributed by atoms with Gasteiger partial charge in [-0.3, -0.25) is 19.1 Å². The maximum absolute atomic E-state index is 13.6. The van der Waals surface area contributed by atoms with Crippen molar-refractivity contribution in [2.24, 2.45) is 7.05 Å². The van der Waals surface area contributed by atoms with Gasteiger partial charge in [0.2, 0.25) is 0 Å². The van der Waals surface area contributed by atoms with Gasteiger partial charge in [-0.05, 0) is 50.3 Å². The number of carbonyl (C=O) groups excluding carboxylic acids is 3. The number of ketones is 1. The number of anilines is 1. The highest BCUT2D eigenvalue weighted by Gasteiger charge is 2.49. The number of nitrogens with zero attached hydrogens (tertiary/aromatic N) is 4. The Balaban J connectivity index is 1.42. The summed E-state index contributed by atoms with van der Waals surface area (Å²) in [4.78, 5) is 39.3. The fourth-order valence-electron chi connectivity index (χ4n) is 4.60. The molecule has 1 aromatic carbocycles. The molecule has 34 heavy (non-hydrogen) atoms. The molecule has 3 heterocycles. The Hall–Kier alpha value is -3.89. The SMILES string of the molecule is Cc1c(C(=O)Nc2ccc(F)c(F)c2)c2n(c1C(=O)C(=O)NC1(c3cn(C)nn3)CC1)CCC2. The standard InChI is InChI=1S/C23H22F2N6O3/c1-12-18(21(33)26-13-5-6-14(24)15(25)10-13)16-4-3-9-31(16)19(12)20(32)22(34)27-23(7-8-23)17-11-30(2)29-28-17/h5-6,10-11H,3-4,7-9H2,1-2H3,(H,26,33)(H,27,34). The number of carbonyl (C=O) groups is 3. The molecule has 176 valence electrons. The minimum Gasteiger partial charge on any atom is -0.341 e. The summed E-state index contributed by atoms with van der Waals surface area (Å²) < 4.78 is 30.0. The van der Waals surface area contributed by atoms with Gasteiger partial charge in [0.05, 0.1) is 23.0 Å². The van der Waals surface area contributed by atoms with E-state index < -0.39 is 34.8 Å². The normalized spacial score (nSPS) is 15.6. The third-order valence-corrected chi connectivity index (χ3v) is 6.43. The number of halogens is 2. The van der Waals surface area contributed by atoms with Crippen LogP contribution >= 0.6 is 0 Å². The first kappa shape index (κ1) is 21.9. The molecule has 0 radical (unpaired) electrons. The van der Waals surface area contributed by atoms with Crippen LogP contribution in [0.2, 0.25) is 0 Å². The second kappa shape index (κ2) is 7.86.